The Morgan fingerprint density at radius 2 is 1.69 bits per heavy atom. The molecule has 208 valence electrons. The highest BCUT2D eigenvalue weighted by molar-refractivity contribution is 5.75. The summed E-state index contributed by atoms with van der Waals surface area (Å²) in [5.74, 6) is 0.972. The smallest absolute Gasteiger partial charge is 0.418 e. The maximum absolute atomic E-state index is 14.3. The van der Waals surface area contributed by atoms with E-state index in [0.29, 0.717) is 65.6 Å². The molecule has 1 aromatic heterocycles. The van der Waals surface area contributed by atoms with Gasteiger partial charge in [0.25, 0.3) is 5.56 Å². The number of rotatable bonds is 8. The average molecular weight is 545 g/mol. The van der Waals surface area contributed by atoms with E-state index in [-0.39, 0.29) is 12.3 Å². The molecular weight excluding hydrogens is 513 g/mol. The number of hydrogen-bond acceptors (Lipinski definition) is 7. The maximum atomic E-state index is 14.3. The number of nitrogens with zero attached hydrogens (tertiary/aromatic N) is 4. The molecule has 0 amide bonds. The van der Waals surface area contributed by atoms with Gasteiger partial charge in [-0.3, -0.25) is 4.79 Å². The molecule has 3 aromatic rings. The number of methoxy groups -OCH3 is 2. The first-order valence-corrected chi connectivity index (χ1v) is 13.0. The Balaban J connectivity index is 1.79. The number of anilines is 2. The second-order valence-corrected chi connectivity index (χ2v) is 9.70. The molecule has 1 fully saturated rings. The molecule has 1 N–H and O–H groups in total. The van der Waals surface area contributed by atoms with Crippen LogP contribution in [-0.4, -0.2) is 61.9 Å². The Morgan fingerprint density at radius 3 is 2.31 bits per heavy atom. The van der Waals surface area contributed by atoms with E-state index < -0.39 is 17.3 Å². The first-order valence-electron chi connectivity index (χ1n) is 13.0. The molecule has 0 saturated carbocycles. The van der Waals surface area contributed by atoms with Crippen LogP contribution in [0.2, 0.25) is 0 Å². The molecule has 2 aliphatic rings. The number of aromatic nitrogens is 2. The number of ether oxygens (including phenoxy) is 2. The molecule has 0 spiro atoms. The summed E-state index contributed by atoms with van der Waals surface area (Å²) in [5, 5.41) is 14.0. The molecule has 0 atom stereocenters. The fourth-order valence-corrected chi connectivity index (χ4v) is 5.40. The minimum atomic E-state index is -4.70. The lowest BCUT2D eigenvalue weighted by molar-refractivity contribution is -0.137. The molecule has 0 radical (unpaired) electrons. The van der Waals surface area contributed by atoms with E-state index in [9.17, 15) is 23.1 Å². The summed E-state index contributed by atoms with van der Waals surface area (Å²) in [6.07, 6.45) is -1.89. The first kappa shape index (κ1) is 26.9. The highest BCUT2D eigenvalue weighted by Gasteiger charge is 2.37. The van der Waals surface area contributed by atoms with E-state index in [1.807, 2.05) is 9.80 Å². The van der Waals surface area contributed by atoms with Gasteiger partial charge in [0.2, 0.25) is 0 Å². The first-order chi connectivity index (χ1) is 18.7. The number of aliphatic hydroxyl groups excluding tert-OH is 1. The van der Waals surface area contributed by atoms with Crippen molar-refractivity contribution in [3.63, 3.8) is 0 Å². The SMILES string of the molecule is COc1cc(OC)cc(-c2nn(-c3cc(N4CCCC4)ccc3C(F)(F)F)c(=O)c3c2CCN3CCCO)c1. The maximum Gasteiger partial charge on any atom is 0.418 e. The van der Waals surface area contributed by atoms with Crippen molar-refractivity contribution in [2.75, 3.05) is 56.8 Å². The van der Waals surface area contributed by atoms with Crippen LogP contribution in [0.3, 0.4) is 0 Å². The normalized spacial score (nSPS) is 15.1. The number of alkyl halides is 3. The van der Waals surface area contributed by atoms with Crippen LogP contribution in [-0.2, 0) is 12.6 Å². The number of benzene rings is 2. The van der Waals surface area contributed by atoms with Gasteiger partial charge in [0, 0.05) is 55.7 Å². The van der Waals surface area contributed by atoms with Gasteiger partial charge in [-0.1, -0.05) is 0 Å². The van der Waals surface area contributed by atoms with Gasteiger partial charge in [0.15, 0.2) is 0 Å². The molecule has 11 heteroatoms. The van der Waals surface area contributed by atoms with Crippen molar-refractivity contribution in [2.24, 2.45) is 0 Å². The summed E-state index contributed by atoms with van der Waals surface area (Å²) in [6, 6.07) is 9.04. The Bertz CT molecular complexity index is 1390. The van der Waals surface area contributed by atoms with Crippen molar-refractivity contribution in [3.05, 3.63) is 57.9 Å². The lowest BCUT2D eigenvalue weighted by Gasteiger charge is -2.23. The Hall–Kier alpha value is -3.73. The molecule has 8 nitrogen and oxygen atoms in total. The third-order valence-electron chi connectivity index (χ3n) is 7.31. The number of aliphatic hydroxyl groups is 1. The van der Waals surface area contributed by atoms with Gasteiger partial charge in [-0.25, -0.2) is 0 Å². The van der Waals surface area contributed by atoms with E-state index >= 15 is 0 Å². The minimum Gasteiger partial charge on any atom is -0.497 e. The van der Waals surface area contributed by atoms with Gasteiger partial charge in [0.1, 0.15) is 17.2 Å². The van der Waals surface area contributed by atoms with E-state index in [0.717, 1.165) is 36.7 Å². The van der Waals surface area contributed by atoms with E-state index in [1.54, 1.807) is 18.2 Å². The molecule has 0 bridgehead atoms. The summed E-state index contributed by atoms with van der Waals surface area (Å²) in [5.41, 5.74) is 0.634. The van der Waals surface area contributed by atoms with Crippen molar-refractivity contribution < 1.29 is 27.8 Å². The lowest BCUT2D eigenvalue weighted by atomic mass is 10.0. The van der Waals surface area contributed by atoms with E-state index in [4.69, 9.17) is 9.47 Å². The zero-order valence-corrected chi connectivity index (χ0v) is 21.9. The molecule has 5 rings (SSSR count). The number of halogens is 3. The molecule has 3 heterocycles. The minimum absolute atomic E-state index is 0.0683. The van der Waals surface area contributed by atoms with Crippen molar-refractivity contribution >= 4 is 11.4 Å². The number of fused-ring (bicyclic) bond motifs is 1. The van der Waals surface area contributed by atoms with Gasteiger partial charge in [0.05, 0.1) is 31.2 Å². The van der Waals surface area contributed by atoms with Crippen LogP contribution in [0.25, 0.3) is 16.9 Å². The zero-order valence-electron chi connectivity index (χ0n) is 21.9. The van der Waals surface area contributed by atoms with Gasteiger partial charge in [-0.2, -0.15) is 23.0 Å². The van der Waals surface area contributed by atoms with Crippen LogP contribution < -0.4 is 24.8 Å². The van der Waals surface area contributed by atoms with Crippen LogP contribution in [0, 0.1) is 0 Å². The van der Waals surface area contributed by atoms with E-state index in [1.165, 1.54) is 26.4 Å². The molecule has 0 unspecified atom stereocenters. The van der Waals surface area contributed by atoms with Crippen LogP contribution in [0.4, 0.5) is 24.5 Å². The fraction of sp³-hybridized carbons (Fsp3) is 0.429. The highest BCUT2D eigenvalue weighted by Crippen LogP contribution is 2.39. The standard InChI is InChI=1S/C28H31F3N4O4/c1-38-20-14-18(15-21(17-20)39-2)25-22-8-12-34(11-5-13-36)26(22)27(37)35(32-25)24-16-19(33-9-3-4-10-33)6-7-23(24)28(29,30)31/h6-7,14-17,36H,3-5,8-13H2,1-2H3. The van der Waals surface area contributed by atoms with Crippen molar-refractivity contribution in [1.29, 1.82) is 0 Å². The van der Waals surface area contributed by atoms with Crippen LogP contribution >= 0.6 is 0 Å². The predicted octanol–water partition coefficient (Wildman–Crippen LogP) is 4.28. The Kier molecular flexibility index (Phi) is 7.44. The third-order valence-corrected chi connectivity index (χ3v) is 7.31. The molecular formula is C28H31F3N4O4. The quantitative estimate of drug-likeness (QED) is 0.454. The molecule has 2 aliphatic heterocycles. The van der Waals surface area contributed by atoms with Crippen LogP contribution in [0.5, 0.6) is 11.5 Å². The third kappa shape index (κ3) is 5.15. The van der Waals surface area contributed by atoms with E-state index in [2.05, 4.69) is 5.10 Å². The molecule has 39 heavy (non-hydrogen) atoms. The molecule has 0 aliphatic carbocycles. The monoisotopic (exact) mass is 544 g/mol. The summed E-state index contributed by atoms with van der Waals surface area (Å²) >= 11 is 0. The topological polar surface area (TPSA) is 80.1 Å². The lowest BCUT2D eigenvalue weighted by Crippen LogP contribution is -2.33. The summed E-state index contributed by atoms with van der Waals surface area (Å²) < 4.78 is 54.6. The van der Waals surface area contributed by atoms with Crippen molar-refractivity contribution in [1.82, 2.24) is 9.78 Å². The van der Waals surface area contributed by atoms with Gasteiger partial charge in [-0.15, -0.1) is 0 Å². The Labute approximate surface area is 224 Å². The summed E-state index contributed by atoms with van der Waals surface area (Å²) in [7, 11) is 3.01. The summed E-state index contributed by atoms with van der Waals surface area (Å²) in [4.78, 5) is 17.8. The average Bonchev–Trinajstić information content (AvgIpc) is 3.62. The zero-order chi connectivity index (χ0) is 27.7. The second kappa shape index (κ2) is 10.8. The van der Waals surface area contributed by atoms with Crippen molar-refractivity contribution in [2.45, 2.75) is 31.9 Å². The predicted molar refractivity (Wildman–Crippen MR) is 142 cm³/mol. The highest BCUT2D eigenvalue weighted by atomic mass is 19.4. The van der Waals surface area contributed by atoms with Crippen LogP contribution in [0.15, 0.2) is 41.2 Å². The largest absolute Gasteiger partial charge is 0.497 e. The second-order valence-electron chi connectivity index (χ2n) is 9.70. The van der Waals surface area contributed by atoms with Gasteiger partial charge in [-0.05, 0) is 56.0 Å². The van der Waals surface area contributed by atoms with Crippen molar-refractivity contribution in [3.8, 4) is 28.4 Å². The van der Waals surface area contributed by atoms with Crippen LogP contribution in [0.1, 0.15) is 30.4 Å². The Morgan fingerprint density at radius 1 is 1.00 bits per heavy atom. The van der Waals surface area contributed by atoms with Gasteiger partial charge < -0.3 is 24.4 Å². The van der Waals surface area contributed by atoms with Gasteiger partial charge >= 0.3 is 6.18 Å². The number of hydrogen-bond donors (Lipinski definition) is 1. The summed E-state index contributed by atoms with van der Waals surface area (Å²) in [6.45, 7) is 2.29. The molecule has 2 aromatic carbocycles. The fourth-order valence-electron chi connectivity index (χ4n) is 5.40. The molecule has 1 saturated heterocycles.